The van der Waals surface area contributed by atoms with Gasteiger partial charge >= 0.3 is 0 Å². The lowest BCUT2D eigenvalue weighted by molar-refractivity contribution is 0.0455. The molecule has 1 atom stereocenters. The lowest BCUT2D eigenvalue weighted by atomic mass is 10.1. The van der Waals surface area contributed by atoms with Gasteiger partial charge in [-0.3, -0.25) is 19.9 Å². The van der Waals surface area contributed by atoms with E-state index in [-0.39, 0.29) is 18.4 Å². The maximum Gasteiger partial charge on any atom is 0.261 e. The van der Waals surface area contributed by atoms with Gasteiger partial charge in [0.2, 0.25) is 0 Å². The largest absolute Gasteiger partial charge is 0.390 e. The van der Waals surface area contributed by atoms with Gasteiger partial charge < -0.3 is 5.11 Å². The van der Waals surface area contributed by atoms with Crippen molar-refractivity contribution >= 4 is 11.8 Å². The van der Waals surface area contributed by atoms with Gasteiger partial charge in [-0.25, -0.2) is 5.01 Å². The van der Waals surface area contributed by atoms with E-state index < -0.39 is 6.10 Å². The molecule has 2 heterocycles. The molecule has 0 aliphatic carbocycles. The lowest BCUT2D eigenvalue weighted by Gasteiger charge is -2.23. The number of aliphatic hydroxyl groups is 1. The Labute approximate surface area is 116 Å². The molecule has 1 aromatic rings. The van der Waals surface area contributed by atoms with E-state index in [0.29, 0.717) is 17.7 Å². The topological polar surface area (TPSA) is 72.9 Å². The molecular formula is C14H17N3O3. The summed E-state index contributed by atoms with van der Waals surface area (Å²) in [4.78, 5) is 25.4. The van der Waals surface area contributed by atoms with Gasteiger partial charge in [0.25, 0.3) is 11.8 Å². The first kappa shape index (κ1) is 13.2. The smallest absolute Gasteiger partial charge is 0.261 e. The number of nitrogens with zero attached hydrogens (tertiary/aromatic N) is 2. The van der Waals surface area contributed by atoms with Crippen molar-refractivity contribution < 1.29 is 14.7 Å². The Morgan fingerprint density at radius 3 is 2.35 bits per heavy atom. The van der Waals surface area contributed by atoms with Crippen LogP contribution in [-0.2, 0) is 0 Å². The molecule has 0 saturated carbocycles. The monoisotopic (exact) mass is 275 g/mol. The summed E-state index contributed by atoms with van der Waals surface area (Å²) in [5.74, 6) is -0.641. The van der Waals surface area contributed by atoms with Crippen molar-refractivity contribution in [2.45, 2.75) is 12.5 Å². The summed E-state index contributed by atoms with van der Waals surface area (Å²) >= 11 is 0. The molecule has 2 N–H and O–H groups in total. The van der Waals surface area contributed by atoms with E-state index in [1.807, 2.05) is 5.01 Å². The van der Waals surface area contributed by atoms with E-state index >= 15 is 0 Å². The second kappa shape index (κ2) is 5.32. The third kappa shape index (κ3) is 2.33. The average Bonchev–Trinajstić information content (AvgIpc) is 3.03. The molecule has 20 heavy (non-hydrogen) atoms. The van der Waals surface area contributed by atoms with Crippen LogP contribution in [0.5, 0.6) is 0 Å². The maximum atomic E-state index is 12.1. The van der Waals surface area contributed by atoms with Gasteiger partial charge in [0, 0.05) is 19.6 Å². The zero-order chi connectivity index (χ0) is 14.1. The predicted octanol–water partition coefficient (Wildman–Crippen LogP) is -0.146. The minimum absolute atomic E-state index is 0.0323. The van der Waals surface area contributed by atoms with E-state index in [1.54, 1.807) is 24.3 Å². The lowest BCUT2D eigenvalue weighted by Crippen LogP contribution is -2.44. The Morgan fingerprint density at radius 2 is 1.80 bits per heavy atom. The first-order valence-corrected chi connectivity index (χ1v) is 6.78. The third-order valence-electron chi connectivity index (χ3n) is 3.64. The minimum Gasteiger partial charge on any atom is -0.390 e. The number of hydrogen-bond acceptors (Lipinski definition) is 5. The van der Waals surface area contributed by atoms with Gasteiger partial charge in [-0.15, -0.1) is 0 Å². The van der Waals surface area contributed by atoms with Crippen molar-refractivity contribution in [1.29, 1.82) is 0 Å². The van der Waals surface area contributed by atoms with Gasteiger partial charge in [0.1, 0.15) is 0 Å². The molecule has 0 radical (unpaired) electrons. The Bertz CT molecular complexity index is 505. The highest BCUT2D eigenvalue weighted by atomic mass is 16.3. The summed E-state index contributed by atoms with van der Waals surface area (Å²) in [5, 5.41) is 12.0. The number of imide groups is 1. The first-order chi connectivity index (χ1) is 9.66. The van der Waals surface area contributed by atoms with Crippen LogP contribution >= 0.6 is 0 Å². The van der Waals surface area contributed by atoms with Crippen molar-refractivity contribution in [3.8, 4) is 0 Å². The van der Waals surface area contributed by atoms with Gasteiger partial charge in [-0.2, -0.15) is 0 Å². The van der Waals surface area contributed by atoms with Crippen LogP contribution in [0.2, 0.25) is 0 Å². The number of nitrogens with one attached hydrogen (secondary N) is 1. The molecular weight excluding hydrogens is 258 g/mol. The zero-order valence-electron chi connectivity index (χ0n) is 11.1. The summed E-state index contributed by atoms with van der Waals surface area (Å²) in [5.41, 5.74) is 3.98. The van der Waals surface area contributed by atoms with Crippen molar-refractivity contribution in [1.82, 2.24) is 15.3 Å². The van der Waals surface area contributed by atoms with Crippen molar-refractivity contribution in [2.24, 2.45) is 0 Å². The standard InChI is InChI=1S/C14H17N3O3/c18-10(8-16-7-3-6-15-16)9-17-13(19)11-4-1-2-5-12(11)14(17)20/h1-2,4-5,10,15,18H,3,6-9H2. The zero-order valence-corrected chi connectivity index (χ0v) is 11.1. The van der Waals surface area contributed by atoms with E-state index in [2.05, 4.69) is 5.43 Å². The molecule has 2 aliphatic rings. The fraction of sp³-hybridized carbons (Fsp3) is 0.429. The highest BCUT2D eigenvalue weighted by molar-refractivity contribution is 6.21. The van der Waals surface area contributed by atoms with Gasteiger partial charge in [0.15, 0.2) is 0 Å². The number of carbonyl (C=O) groups excluding carboxylic acids is 2. The summed E-state index contributed by atoms with van der Waals surface area (Å²) in [6.07, 6.45) is 0.294. The van der Waals surface area contributed by atoms with Crippen LogP contribution in [0.15, 0.2) is 24.3 Å². The normalized spacial score (nSPS) is 20.6. The molecule has 1 fully saturated rings. The average molecular weight is 275 g/mol. The molecule has 0 bridgehead atoms. The number of aliphatic hydroxyl groups excluding tert-OH is 1. The molecule has 106 valence electrons. The third-order valence-corrected chi connectivity index (χ3v) is 3.64. The second-order valence-electron chi connectivity index (χ2n) is 5.13. The minimum atomic E-state index is -0.747. The van der Waals surface area contributed by atoms with Gasteiger partial charge in [-0.1, -0.05) is 12.1 Å². The molecule has 1 saturated heterocycles. The highest BCUT2D eigenvalue weighted by Crippen LogP contribution is 2.22. The molecule has 1 aromatic carbocycles. The van der Waals surface area contributed by atoms with Crippen LogP contribution in [0.1, 0.15) is 27.1 Å². The Kier molecular flexibility index (Phi) is 3.52. The summed E-state index contributed by atoms with van der Waals surface area (Å²) in [6.45, 7) is 2.22. The molecule has 3 rings (SSSR count). The molecule has 0 spiro atoms. The Morgan fingerprint density at radius 1 is 1.15 bits per heavy atom. The predicted molar refractivity (Wildman–Crippen MR) is 72.0 cm³/mol. The number of benzene rings is 1. The number of β-amino-alcohol motifs (C(OH)–C–C–N with tert-alkyl or cyclic N) is 1. The van der Waals surface area contributed by atoms with Gasteiger partial charge in [-0.05, 0) is 18.6 Å². The molecule has 6 nitrogen and oxygen atoms in total. The highest BCUT2D eigenvalue weighted by Gasteiger charge is 2.36. The first-order valence-electron chi connectivity index (χ1n) is 6.78. The molecule has 1 unspecified atom stereocenters. The second-order valence-corrected chi connectivity index (χ2v) is 5.13. The summed E-state index contributed by atoms with van der Waals surface area (Å²) in [7, 11) is 0. The molecule has 6 heteroatoms. The van der Waals surface area contributed by atoms with Crippen LogP contribution in [0.25, 0.3) is 0 Å². The number of carbonyl (C=O) groups is 2. The van der Waals surface area contributed by atoms with Crippen LogP contribution in [0, 0.1) is 0 Å². The van der Waals surface area contributed by atoms with E-state index in [9.17, 15) is 14.7 Å². The van der Waals surface area contributed by atoms with E-state index in [4.69, 9.17) is 0 Å². The molecule has 0 aromatic heterocycles. The fourth-order valence-corrected chi connectivity index (χ4v) is 2.67. The Hall–Kier alpha value is -1.76. The quantitative estimate of drug-likeness (QED) is 0.748. The van der Waals surface area contributed by atoms with Crippen molar-refractivity contribution in [2.75, 3.05) is 26.2 Å². The maximum absolute atomic E-state index is 12.1. The van der Waals surface area contributed by atoms with Crippen LogP contribution in [0.3, 0.4) is 0 Å². The molecule has 2 aliphatic heterocycles. The fourth-order valence-electron chi connectivity index (χ4n) is 2.67. The summed E-state index contributed by atoms with van der Waals surface area (Å²) < 4.78 is 0. The number of hydrazine groups is 1. The molecule has 2 amide bonds. The number of rotatable bonds is 4. The van der Waals surface area contributed by atoms with Crippen molar-refractivity contribution in [3.05, 3.63) is 35.4 Å². The van der Waals surface area contributed by atoms with Crippen LogP contribution in [0.4, 0.5) is 0 Å². The Balaban J connectivity index is 1.66. The number of amides is 2. The number of fused-ring (bicyclic) bond motifs is 1. The number of hydrogen-bond donors (Lipinski definition) is 2. The van der Waals surface area contributed by atoms with Gasteiger partial charge in [0.05, 0.1) is 23.8 Å². The van der Waals surface area contributed by atoms with E-state index in [0.717, 1.165) is 24.4 Å². The SMILES string of the molecule is O=C1c2ccccc2C(=O)N1CC(O)CN1CCCN1. The van der Waals surface area contributed by atoms with Crippen LogP contribution < -0.4 is 5.43 Å². The van der Waals surface area contributed by atoms with Crippen molar-refractivity contribution in [3.63, 3.8) is 0 Å². The summed E-state index contributed by atoms with van der Waals surface area (Å²) in [6, 6.07) is 6.75. The van der Waals surface area contributed by atoms with Crippen LogP contribution in [-0.4, -0.2) is 59.1 Å². The van der Waals surface area contributed by atoms with E-state index in [1.165, 1.54) is 0 Å².